The van der Waals surface area contributed by atoms with E-state index in [0.29, 0.717) is 13.0 Å². The predicted octanol–water partition coefficient (Wildman–Crippen LogP) is 2.12. The minimum Gasteiger partial charge on any atom is -0.352 e. The van der Waals surface area contributed by atoms with Crippen LogP contribution < -0.4 is 10.6 Å². The standard InChI is InChI=1S/C15H20N4O4/c1-10(2)16-14(20)13-8-5-9-18(13)15(21)17-11-6-3-4-7-12(11)19(22)23/h3-4,6-7,10,13H,5,8-9H2,1-2H3,(H,16,20)(H,17,21)/t13-/m1/s1. The van der Waals surface area contributed by atoms with Crippen LogP contribution in [-0.4, -0.2) is 40.4 Å². The molecule has 0 saturated carbocycles. The van der Waals surface area contributed by atoms with Gasteiger partial charge in [0.1, 0.15) is 11.7 Å². The SMILES string of the molecule is CC(C)NC(=O)[C@H]1CCCN1C(=O)Nc1ccccc1[N+](=O)[O-]. The molecule has 0 aromatic heterocycles. The van der Waals surface area contributed by atoms with Crippen molar-refractivity contribution in [2.24, 2.45) is 0 Å². The minimum atomic E-state index is -0.553. The lowest BCUT2D eigenvalue weighted by Gasteiger charge is -2.25. The van der Waals surface area contributed by atoms with E-state index in [9.17, 15) is 19.7 Å². The van der Waals surface area contributed by atoms with Crippen molar-refractivity contribution in [3.8, 4) is 0 Å². The number of nitro benzene ring substituents is 1. The van der Waals surface area contributed by atoms with Gasteiger partial charge in [0.05, 0.1) is 4.92 Å². The van der Waals surface area contributed by atoms with E-state index in [4.69, 9.17) is 0 Å². The molecule has 1 fully saturated rings. The number of benzene rings is 1. The third kappa shape index (κ3) is 3.97. The molecule has 8 nitrogen and oxygen atoms in total. The van der Waals surface area contributed by atoms with Gasteiger partial charge in [0.2, 0.25) is 5.91 Å². The fraction of sp³-hybridized carbons (Fsp3) is 0.467. The van der Waals surface area contributed by atoms with Gasteiger partial charge >= 0.3 is 6.03 Å². The molecular weight excluding hydrogens is 300 g/mol. The fourth-order valence-electron chi connectivity index (χ4n) is 2.59. The number of amides is 3. The molecular formula is C15H20N4O4. The summed E-state index contributed by atoms with van der Waals surface area (Å²) < 4.78 is 0. The number of rotatable bonds is 4. The first kappa shape index (κ1) is 16.7. The number of carbonyl (C=O) groups excluding carboxylic acids is 2. The Balaban J connectivity index is 2.11. The zero-order valence-electron chi connectivity index (χ0n) is 13.1. The highest BCUT2D eigenvalue weighted by molar-refractivity contribution is 5.95. The summed E-state index contributed by atoms with van der Waals surface area (Å²) in [5.74, 6) is -0.199. The number of anilines is 1. The first-order valence-electron chi connectivity index (χ1n) is 7.51. The number of urea groups is 1. The van der Waals surface area contributed by atoms with Crippen LogP contribution in [0.2, 0.25) is 0 Å². The van der Waals surface area contributed by atoms with Crippen LogP contribution in [0.3, 0.4) is 0 Å². The van der Waals surface area contributed by atoms with Crippen molar-refractivity contribution in [2.45, 2.75) is 38.8 Å². The van der Waals surface area contributed by atoms with Gasteiger partial charge in [-0.15, -0.1) is 0 Å². The number of nitro groups is 1. The Hall–Kier alpha value is -2.64. The van der Waals surface area contributed by atoms with Crippen LogP contribution >= 0.6 is 0 Å². The van der Waals surface area contributed by atoms with Crippen LogP contribution in [0.25, 0.3) is 0 Å². The molecule has 0 aliphatic carbocycles. The molecule has 0 bridgehead atoms. The first-order valence-corrected chi connectivity index (χ1v) is 7.51. The van der Waals surface area contributed by atoms with Crippen molar-refractivity contribution in [3.05, 3.63) is 34.4 Å². The molecule has 8 heteroatoms. The molecule has 3 amide bonds. The lowest BCUT2D eigenvalue weighted by molar-refractivity contribution is -0.383. The van der Waals surface area contributed by atoms with Crippen LogP contribution in [0.4, 0.5) is 16.2 Å². The number of hydrogen-bond donors (Lipinski definition) is 2. The Kier molecular flexibility index (Phi) is 5.15. The van der Waals surface area contributed by atoms with Gasteiger partial charge < -0.3 is 15.5 Å². The molecule has 124 valence electrons. The van der Waals surface area contributed by atoms with Gasteiger partial charge in [0, 0.05) is 18.7 Å². The first-order chi connectivity index (χ1) is 10.9. The van der Waals surface area contributed by atoms with E-state index in [1.54, 1.807) is 6.07 Å². The quantitative estimate of drug-likeness (QED) is 0.655. The summed E-state index contributed by atoms with van der Waals surface area (Å²) in [6, 6.07) is 4.87. The van der Waals surface area contributed by atoms with Gasteiger partial charge in [-0.05, 0) is 32.8 Å². The molecule has 1 heterocycles. The molecule has 1 aromatic rings. The number of nitrogens with zero attached hydrogens (tertiary/aromatic N) is 2. The maximum absolute atomic E-state index is 12.4. The van der Waals surface area contributed by atoms with Crippen molar-refractivity contribution in [3.63, 3.8) is 0 Å². The lowest BCUT2D eigenvalue weighted by Crippen LogP contribution is -2.49. The molecule has 0 spiro atoms. The summed E-state index contributed by atoms with van der Waals surface area (Å²) in [6.45, 7) is 4.15. The molecule has 1 aliphatic rings. The topological polar surface area (TPSA) is 105 Å². The molecule has 1 aromatic carbocycles. The van der Waals surface area contributed by atoms with E-state index in [2.05, 4.69) is 10.6 Å². The average molecular weight is 320 g/mol. The number of para-hydroxylation sites is 2. The largest absolute Gasteiger partial charge is 0.352 e. The minimum absolute atomic E-state index is 0.0109. The molecule has 1 aliphatic heterocycles. The summed E-state index contributed by atoms with van der Waals surface area (Å²) in [5.41, 5.74) is -0.0550. The average Bonchev–Trinajstić information content (AvgIpc) is 2.96. The highest BCUT2D eigenvalue weighted by Crippen LogP contribution is 2.25. The maximum Gasteiger partial charge on any atom is 0.322 e. The number of nitrogens with one attached hydrogen (secondary N) is 2. The van der Waals surface area contributed by atoms with Gasteiger partial charge in [-0.3, -0.25) is 14.9 Å². The monoisotopic (exact) mass is 320 g/mol. The third-order valence-electron chi connectivity index (χ3n) is 3.59. The molecule has 0 unspecified atom stereocenters. The fourth-order valence-corrected chi connectivity index (χ4v) is 2.59. The Bertz CT molecular complexity index is 617. The van der Waals surface area contributed by atoms with Crippen molar-refractivity contribution in [1.82, 2.24) is 10.2 Å². The van der Waals surface area contributed by atoms with Crippen LogP contribution in [0.15, 0.2) is 24.3 Å². The van der Waals surface area contributed by atoms with Gasteiger partial charge in [0.15, 0.2) is 0 Å². The molecule has 2 rings (SSSR count). The summed E-state index contributed by atoms with van der Waals surface area (Å²) in [5, 5.41) is 16.3. The van der Waals surface area contributed by atoms with Gasteiger partial charge in [-0.1, -0.05) is 12.1 Å². The number of hydrogen-bond acceptors (Lipinski definition) is 4. The van der Waals surface area contributed by atoms with Crippen molar-refractivity contribution in [1.29, 1.82) is 0 Å². The Morgan fingerprint density at radius 2 is 2.04 bits per heavy atom. The van der Waals surface area contributed by atoms with E-state index in [1.165, 1.54) is 23.1 Å². The second-order valence-electron chi connectivity index (χ2n) is 5.72. The summed E-state index contributed by atoms with van der Waals surface area (Å²) in [7, 11) is 0. The zero-order valence-corrected chi connectivity index (χ0v) is 13.1. The van der Waals surface area contributed by atoms with E-state index in [-0.39, 0.29) is 23.3 Å². The van der Waals surface area contributed by atoms with E-state index < -0.39 is 17.0 Å². The summed E-state index contributed by atoms with van der Waals surface area (Å²) in [6.07, 6.45) is 1.31. The highest BCUT2D eigenvalue weighted by Gasteiger charge is 2.34. The summed E-state index contributed by atoms with van der Waals surface area (Å²) >= 11 is 0. The van der Waals surface area contributed by atoms with Gasteiger partial charge in [-0.25, -0.2) is 4.79 Å². The molecule has 23 heavy (non-hydrogen) atoms. The van der Waals surface area contributed by atoms with Crippen LogP contribution in [0.5, 0.6) is 0 Å². The maximum atomic E-state index is 12.4. The number of carbonyl (C=O) groups is 2. The number of likely N-dealkylation sites (tertiary alicyclic amines) is 1. The lowest BCUT2D eigenvalue weighted by atomic mass is 10.2. The molecule has 1 atom stereocenters. The van der Waals surface area contributed by atoms with Crippen molar-refractivity contribution in [2.75, 3.05) is 11.9 Å². The van der Waals surface area contributed by atoms with Gasteiger partial charge in [0.25, 0.3) is 5.69 Å². The second kappa shape index (κ2) is 7.08. The van der Waals surface area contributed by atoms with Gasteiger partial charge in [-0.2, -0.15) is 0 Å². The predicted molar refractivity (Wildman–Crippen MR) is 85.1 cm³/mol. The van der Waals surface area contributed by atoms with Crippen molar-refractivity contribution < 1.29 is 14.5 Å². The molecule has 1 saturated heterocycles. The van der Waals surface area contributed by atoms with Crippen LogP contribution in [0, 0.1) is 10.1 Å². The van der Waals surface area contributed by atoms with Crippen molar-refractivity contribution >= 4 is 23.3 Å². The smallest absolute Gasteiger partial charge is 0.322 e. The van der Waals surface area contributed by atoms with Crippen LogP contribution in [0.1, 0.15) is 26.7 Å². The highest BCUT2D eigenvalue weighted by atomic mass is 16.6. The zero-order chi connectivity index (χ0) is 17.0. The normalized spacial score (nSPS) is 17.2. The Labute approximate surface area is 134 Å². The Morgan fingerprint density at radius 3 is 2.70 bits per heavy atom. The molecule has 0 radical (unpaired) electrons. The third-order valence-corrected chi connectivity index (χ3v) is 3.59. The second-order valence-corrected chi connectivity index (χ2v) is 5.72. The molecule has 2 N–H and O–H groups in total. The Morgan fingerprint density at radius 1 is 1.35 bits per heavy atom. The van der Waals surface area contributed by atoms with E-state index >= 15 is 0 Å². The van der Waals surface area contributed by atoms with Crippen LogP contribution in [-0.2, 0) is 4.79 Å². The van der Waals surface area contributed by atoms with E-state index in [0.717, 1.165) is 6.42 Å². The summed E-state index contributed by atoms with van der Waals surface area (Å²) in [4.78, 5) is 36.4. The van der Waals surface area contributed by atoms with E-state index in [1.807, 2.05) is 13.8 Å².